The van der Waals surface area contributed by atoms with Gasteiger partial charge in [0, 0.05) is 0 Å². The first-order chi connectivity index (χ1) is 37.7. The van der Waals surface area contributed by atoms with E-state index in [4.69, 9.17) is 4.74 Å². The normalized spacial score (nSPS) is 12.7. The number of unbranched alkanes of at least 4 members (excludes halogenated alkanes) is 57. The molecule has 0 aromatic rings. The number of aliphatic hydroxyl groups excluding tert-OH is 1. The Balaban J connectivity index is 3.39. The highest BCUT2D eigenvalue weighted by Crippen LogP contribution is 2.23. The molecule has 3 heteroatoms. The molecule has 76 heavy (non-hydrogen) atoms. The summed E-state index contributed by atoms with van der Waals surface area (Å²) in [7, 11) is 1.47. The molecular formula is C73H142O3. The lowest BCUT2D eigenvalue weighted by molar-refractivity contribution is -0.150. The van der Waals surface area contributed by atoms with Gasteiger partial charge in [-0.25, -0.2) is 0 Å². The quantitative estimate of drug-likeness (QED) is 0.0375. The van der Waals surface area contributed by atoms with Gasteiger partial charge in [0.25, 0.3) is 0 Å². The first-order valence-electron chi connectivity index (χ1n) is 35.7. The number of methoxy groups -OCH3 is 1. The molecule has 0 aromatic carbocycles. The molecule has 2 unspecified atom stereocenters. The Labute approximate surface area is 480 Å². The summed E-state index contributed by atoms with van der Waals surface area (Å²) < 4.78 is 5.10. The van der Waals surface area contributed by atoms with Gasteiger partial charge in [-0.1, -0.05) is 378 Å². The number of aliphatic hydroxyl groups is 1. The predicted molar refractivity (Wildman–Crippen MR) is 342 cm³/mol. The minimum absolute atomic E-state index is 0.215. The number of allylic oxidation sites excluding steroid dienone is 4. The monoisotopic (exact) mass is 1070 g/mol. The topological polar surface area (TPSA) is 46.5 Å². The summed E-state index contributed by atoms with van der Waals surface area (Å²) in [4.78, 5) is 12.5. The Bertz CT molecular complexity index is 1110. The van der Waals surface area contributed by atoms with Gasteiger partial charge in [-0.05, 0) is 64.2 Å². The number of esters is 1. The fourth-order valence-electron chi connectivity index (χ4n) is 11.9. The van der Waals surface area contributed by atoms with E-state index in [1.54, 1.807) is 0 Å². The fourth-order valence-corrected chi connectivity index (χ4v) is 11.9. The Kier molecular flexibility index (Phi) is 67.2. The average Bonchev–Trinajstić information content (AvgIpc) is 3.43. The molecule has 0 rings (SSSR count). The molecule has 0 aliphatic rings. The third kappa shape index (κ3) is 62.1. The first-order valence-corrected chi connectivity index (χ1v) is 35.7. The summed E-state index contributed by atoms with van der Waals surface area (Å²) >= 11 is 0. The Morgan fingerprint density at radius 1 is 0.276 bits per heavy atom. The van der Waals surface area contributed by atoms with Gasteiger partial charge in [0.05, 0.1) is 19.1 Å². The highest BCUT2D eigenvalue weighted by atomic mass is 16.5. The highest BCUT2D eigenvalue weighted by molar-refractivity contribution is 5.72. The Hall–Kier alpha value is -1.09. The van der Waals surface area contributed by atoms with Gasteiger partial charge < -0.3 is 9.84 Å². The second kappa shape index (κ2) is 68.2. The maximum Gasteiger partial charge on any atom is 0.311 e. The second-order valence-electron chi connectivity index (χ2n) is 24.8. The Morgan fingerprint density at radius 3 is 0.645 bits per heavy atom. The molecule has 0 radical (unpaired) electrons. The van der Waals surface area contributed by atoms with Crippen LogP contribution in [0, 0.1) is 5.92 Å². The molecular weight excluding hydrogens is 925 g/mol. The van der Waals surface area contributed by atoms with E-state index >= 15 is 0 Å². The molecule has 2 atom stereocenters. The van der Waals surface area contributed by atoms with Gasteiger partial charge in [-0.15, -0.1) is 0 Å². The third-order valence-electron chi connectivity index (χ3n) is 17.3. The van der Waals surface area contributed by atoms with Crippen molar-refractivity contribution in [3.8, 4) is 0 Å². The summed E-state index contributed by atoms with van der Waals surface area (Å²) in [6, 6.07) is 0. The zero-order chi connectivity index (χ0) is 54.8. The smallest absolute Gasteiger partial charge is 0.311 e. The van der Waals surface area contributed by atoms with Gasteiger partial charge in [-0.2, -0.15) is 0 Å². The minimum Gasteiger partial charge on any atom is -0.469 e. The molecule has 0 fully saturated rings. The highest BCUT2D eigenvalue weighted by Gasteiger charge is 2.26. The number of carbonyl (C=O) groups excluding carboxylic acids is 1. The molecule has 0 amide bonds. The van der Waals surface area contributed by atoms with E-state index in [9.17, 15) is 9.90 Å². The standard InChI is InChI=1S/C73H142O3/c1-4-6-8-10-12-14-16-18-20-22-24-25-26-27-28-29-30-31-32-33-34-35-36-37-38-39-40-41-42-43-44-45-46-47-48-49-50-51-52-54-56-58-60-62-64-66-68-70-72(74)71(73(75)76-3)69-67-65-63-61-59-57-55-53-23-21-19-17-15-13-11-9-7-5-2/h31-32,45-46,71-72,74H,4-30,33-44,47-70H2,1-3H3. The van der Waals surface area contributed by atoms with Crippen LogP contribution in [0.4, 0.5) is 0 Å². The van der Waals surface area contributed by atoms with Crippen molar-refractivity contribution in [1.82, 2.24) is 0 Å². The molecule has 0 aliphatic heterocycles. The van der Waals surface area contributed by atoms with Crippen molar-refractivity contribution in [2.75, 3.05) is 7.11 Å². The van der Waals surface area contributed by atoms with E-state index in [2.05, 4.69) is 38.2 Å². The van der Waals surface area contributed by atoms with E-state index in [0.29, 0.717) is 0 Å². The maximum atomic E-state index is 12.5. The third-order valence-corrected chi connectivity index (χ3v) is 17.3. The lowest BCUT2D eigenvalue weighted by Crippen LogP contribution is -2.29. The molecule has 0 bridgehead atoms. The molecule has 0 aliphatic carbocycles. The fraction of sp³-hybridized carbons (Fsp3) is 0.932. The predicted octanol–water partition coefficient (Wildman–Crippen LogP) is 25.9. The summed E-state index contributed by atoms with van der Waals surface area (Å²) in [5.41, 5.74) is 0. The molecule has 0 heterocycles. The van der Waals surface area contributed by atoms with Crippen molar-refractivity contribution in [3.63, 3.8) is 0 Å². The zero-order valence-corrected chi connectivity index (χ0v) is 52.8. The van der Waals surface area contributed by atoms with Crippen LogP contribution in [0.25, 0.3) is 0 Å². The van der Waals surface area contributed by atoms with E-state index in [-0.39, 0.29) is 11.9 Å². The maximum absolute atomic E-state index is 12.5. The van der Waals surface area contributed by atoms with Crippen LogP contribution in [-0.4, -0.2) is 24.3 Å². The van der Waals surface area contributed by atoms with Crippen molar-refractivity contribution in [2.45, 2.75) is 424 Å². The van der Waals surface area contributed by atoms with Crippen molar-refractivity contribution in [3.05, 3.63) is 24.3 Å². The number of hydrogen-bond acceptors (Lipinski definition) is 3. The van der Waals surface area contributed by atoms with E-state index < -0.39 is 6.10 Å². The van der Waals surface area contributed by atoms with Crippen LogP contribution in [0.15, 0.2) is 24.3 Å². The molecule has 3 nitrogen and oxygen atoms in total. The van der Waals surface area contributed by atoms with Crippen LogP contribution in [0.5, 0.6) is 0 Å². The zero-order valence-electron chi connectivity index (χ0n) is 52.8. The van der Waals surface area contributed by atoms with Gasteiger partial charge in [0.1, 0.15) is 0 Å². The van der Waals surface area contributed by atoms with Crippen LogP contribution in [0.2, 0.25) is 0 Å². The molecule has 452 valence electrons. The lowest BCUT2D eigenvalue weighted by atomic mass is 9.91. The van der Waals surface area contributed by atoms with E-state index in [1.807, 2.05) is 0 Å². The van der Waals surface area contributed by atoms with E-state index in [1.165, 1.54) is 373 Å². The molecule has 0 saturated carbocycles. The van der Waals surface area contributed by atoms with Gasteiger partial charge in [-0.3, -0.25) is 4.79 Å². The number of rotatable bonds is 67. The van der Waals surface area contributed by atoms with Crippen molar-refractivity contribution < 1.29 is 14.6 Å². The van der Waals surface area contributed by atoms with E-state index in [0.717, 1.165) is 38.5 Å². The van der Waals surface area contributed by atoms with Crippen LogP contribution >= 0.6 is 0 Å². The minimum atomic E-state index is -0.555. The number of carbonyl (C=O) groups is 1. The van der Waals surface area contributed by atoms with Gasteiger partial charge in [0.15, 0.2) is 0 Å². The van der Waals surface area contributed by atoms with Crippen molar-refractivity contribution in [2.24, 2.45) is 5.92 Å². The summed E-state index contributed by atoms with van der Waals surface area (Å²) in [6.45, 7) is 4.60. The van der Waals surface area contributed by atoms with Crippen molar-refractivity contribution in [1.29, 1.82) is 0 Å². The summed E-state index contributed by atoms with van der Waals surface area (Å²) in [5, 5.41) is 10.9. The van der Waals surface area contributed by atoms with Crippen LogP contribution in [0.3, 0.4) is 0 Å². The SMILES string of the molecule is CCCCCCCCCCCCCCCCCCC=CCCCCCCCCCCCCC=CCCCCCCCCCCCCCCCC(O)C(CCCCCCCCCCCCCCCCCCCC)C(=O)OC. The summed E-state index contributed by atoms with van der Waals surface area (Å²) in [5.74, 6) is -0.563. The largest absolute Gasteiger partial charge is 0.469 e. The summed E-state index contributed by atoms with van der Waals surface area (Å²) in [6.07, 6.45) is 95.3. The van der Waals surface area contributed by atoms with Crippen LogP contribution in [-0.2, 0) is 9.53 Å². The molecule has 0 saturated heterocycles. The number of hydrogen-bond donors (Lipinski definition) is 1. The average molecular weight is 1070 g/mol. The van der Waals surface area contributed by atoms with Gasteiger partial charge >= 0.3 is 5.97 Å². The van der Waals surface area contributed by atoms with Crippen molar-refractivity contribution >= 4 is 5.97 Å². The Morgan fingerprint density at radius 2 is 0.447 bits per heavy atom. The molecule has 1 N–H and O–H groups in total. The molecule has 0 spiro atoms. The lowest BCUT2D eigenvalue weighted by Gasteiger charge is -2.20. The second-order valence-corrected chi connectivity index (χ2v) is 24.8. The van der Waals surface area contributed by atoms with Crippen LogP contribution < -0.4 is 0 Å². The van der Waals surface area contributed by atoms with Crippen LogP contribution in [0.1, 0.15) is 418 Å². The van der Waals surface area contributed by atoms with Gasteiger partial charge in [0.2, 0.25) is 0 Å². The number of ether oxygens (including phenoxy) is 1. The molecule has 0 aromatic heterocycles. The first kappa shape index (κ1) is 74.9.